The van der Waals surface area contributed by atoms with Crippen molar-refractivity contribution in [3.8, 4) is 11.3 Å². The highest BCUT2D eigenvalue weighted by molar-refractivity contribution is 6.37. The fourth-order valence-corrected chi connectivity index (χ4v) is 5.36. The summed E-state index contributed by atoms with van der Waals surface area (Å²) in [5.74, 6) is -0.304. The number of carbonyl (C=O) groups excluding carboxylic acids is 1. The summed E-state index contributed by atoms with van der Waals surface area (Å²) in [6.07, 6.45) is 7.21. The van der Waals surface area contributed by atoms with Crippen LogP contribution in [0.3, 0.4) is 0 Å². The van der Waals surface area contributed by atoms with E-state index in [0.29, 0.717) is 22.5 Å². The number of carbonyl (C=O) groups is 1. The van der Waals surface area contributed by atoms with Gasteiger partial charge in [-0.1, -0.05) is 36.4 Å². The van der Waals surface area contributed by atoms with E-state index in [2.05, 4.69) is 32.7 Å². The Balaban J connectivity index is 1.36. The lowest BCUT2D eigenvalue weighted by atomic mass is 9.98. The van der Waals surface area contributed by atoms with Gasteiger partial charge in [-0.05, 0) is 61.7 Å². The number of aryl methyl sites for hydroxylation is 1. The molecule has 0 bridgehead atoms. The highest BCUT2D eigenvalue weighted by Gasteiger charge is 2.30. The first-order valence-electron chi connectivity index (χ1n) is 13.5. The van der Waals surface area contributed by atoms with Crippen molar-refractivity contribution in [3.63, 3.8) is 0 Å². The number of rotatable bonds is 8. The molecule has 0 atom stereocenters. The van der Waals surface area contributed by atoms with E-state index in [0.717, 1.165) is 48.6 Å². The summed E-state index contributed by atoms with van der Waals surface area (Å²) < 4.78 is 1.90. The normalized spacial score (nSPS) is 16.1. The van der Waals surface area contributed by atoms with E-state index in [9.17, 15) is 14.9 Å². The third-order valence-electron chi connectivity index (χ3n) is 7.52. The van der Waals surface area contributed by atoms with Crippen LogP contribution in [-0.2, 0) is 18.3 Å². The van der Waals surface area contributed by atoms with Gasteiger partial charge in [-0.2, -0.15) is 0 Å². The smallest absolute Gasteiger partial charge is 0.270 e. The standard InChI is InChI=1S/C31H30N6O3/c1-35-19-28(32-20-35)22-8-10-24(11-9-22)33-30(23-6-4-21(5-7-23)14-17-36-15-2-3-16-36)29-26-18-25(37(39)40)12-13-27(26)34-31(29)38/h4-13,18-20,33H,2-3,14-17H2,1H3,(H,34,38). The fraction of sp³-hybridized carbons (Fsp3) is 0.226. The van der Waals surface area contributed by atoms with Gasteiger partial charge in [0.1, 0.15) is 0 Å². The van der Waals surface area contributed by atoms with Gasteiger partial charge in [-0.3, -0.25) is 14.9 Å². The van der Waals surface area contributed by atoms with Crippen LogP contribution in [0.15, 0.2) is 79.3 Å². The van der Waals surface area contributed by atoms with E-state index in [4.69, 9.17) is 0 Å². The third-order valence-corrected chi connectivity index (χ3v) is 7.52. The molecule has 9 nitrogen and oxygen atoms in total. The first-order valence-corrected chi connectivity index (χ1v) is 13.5. The van der Waals surface area contributed by atoms with Crippen molar-refractivity contribution >= 4 is 34.2 Å². The van der Waals surface area contributed by atoms with Crippen LogP contribution >= 0.6 is 0 Å². The number of non-ortho nitro benzene ring substituents is 1. The topological polar surface area (TPSA) is 105 Å². The average molecular weight is 535 g/mol. The van der Waals surface area contributed by atoms with Gasteiger partial charge in [0, 0.05) is 54.4 Å². The number of anilines is 2. The second-order valence-corrected chi connectivity index (χ2v) is 10.3. The van der Waals surface area contributed by atoms with Crippen LogP contribution < -0.4 is 10.6 Å². The molecule has 2 N–H and O–H groups in total. The molecule has 202 valence electrons. The lowest BCUT2D eigenvalue weighted by Crippen LogP contribution is -2.21. The predicted molar refractivity (Wildman–Crippen MR) is 157 cm³/mol. The number of hydrogen-bond donors (Lipinski definition) is 2. The number of hydrogen-bond acceptors (Lipinski definition) is 6. The second kappa shape index (κ2) is 10.8. The van der Waals surface area contributed by atoms with Crippen LogP contribution in [0.25, 0.3) is 22.5 Å². The first-order chi connectivity index (χ1) is 19.4. The minimum atomic E-state index is -0.445. The lowest BCUT2D eigenvalue weighted by Gasteiger charge is -2.17. The number of nitro benzene ring substituents is 1. The molecule has 0 radical (unpaired) electrons. The van der Waals surface area contributed by atoms with Crippen LogP contribution in [0.2, 0.25) is 0 Å². The number of aromatic nitrogens is 2. The molecule has 1 aromatic heterocycles. The van der Waals surface area contributed by atoms with Crippen molar-refractivity contribution < 1.29 is 9.72 Å². The number of imidazole rings is 1. The van der Waals surface area contributed by atoms with E-state index in [1.54, 1.807) is 12.4 Å². The molecule has 9 heteroatoms. The molecule has 0 aliphatic carbocycles. The Morgan fingerprint density at radius 3 is 2.48 bits per heavy atom. The number of fused-ring (bicyclic) bond motifs is 1. The maximum Gasteiger partial charge on any atom is 0.270 e. The lowest BCUT2D eigenvalue weighted by molar-refractivity contribution is -0.384. The van der Waals surface area contributed by atoms with Crippen LogP contribution in [0, 0.1) is 10.1 Å². The highest BCUT2D eigenvalue weighted by Crippen LogP contribution is 2.39. The van der Waals surface area contributed by atoms with Gasteiger partial charge in [-0.25, -0.2) is 4.98 Å². The monoisotopic (exact) mass is 534 g/mol. The fourth-order valence-electron chi connectivity index (χ4n) is 5.36. The van der Waals surface area contributed by atoms with Gasteiger partial charge in [0.25, 0.3) is 11.6 Å². The maximum absolute atomic E-state index is 13.3. The minimum absolute atomic E-state index is 0.0657. The van der Waals surface area contributed by atoms with Crippen molar-refractivity contribution in [2.75, 3.05) is 30.3 Å². The van der Waals surface area contributed by atoms with Gasteiger partial charge in [0.05, 0.1) is 28.2 Å². The van der Waals surface area contributed by atoms with Gasteiger partial charge >= 0.3 is 0 Å². The van der Waals surface area contributed by atoms with Gasteiger partial charge in [0.2, 0.25) is 0 Å². The quantitative estimate of drug-likeness (QED) is 0.174. The zero-order valence-corrected chi connectivity index (χ0v) is 22.3. The van der Waals surface area contributed by atoms with Crippen molar-refractivity contribution in [1.82, 2.24) is 14.5 Å². The molecular formula is C31H30N6O3. The van der Waals surface area contributed by atoms with Crippen LogP contribution in [-0.4, -0.2) is 44.9 Å². The molecule has 3 aromatic carbocycles. The van der Waals surface area contributed by atoms with Gasteiger partial charge in [-0.15, -0.1) is 0 Å². The number of likely N-dealkylation sites (tertiary alicyclic amines) is 1. The summed E-state index contributed by atoms with van der Waals surface area (Å²) in [4.78, 5) is 31.3. The summed E-state index contributed by atoms with van der Waals surface area (Å²) in [5.41, 5.74) is 6.63. The molecule has 0 spiro atoms. The summed E-state index contributed by atoms with van der Waals surface area (Å²) >= 11 is 0. The van der Waals surface area contributed by atoms with E-state index in [1.165, 1.54) is 30.5 Å². The number of amides is 1. The Bertz CT molecular complexity index is 1600. The predicted octanol–water partition coefficient (Wildman–Crippen LogP) is 5.57. The van der Waals surface area contributed by atoms with Crippen molar-refractivity contribution in [1.29, 1.82) is 0 Å². The Morgan fingerprint density at radius 1 is 1.05 bits per heavy atom. The van der Waals surface area contributed by atoms with Crippen molar-refractivity contribution in [2.24, 2.45) is 7.05 Å². The molecule has 4 aromatic rings. The summed E-state index contributed by atoms with van der Waals surface area (Å²) in [6.45, 7) is 3.36. The SMILES string of the molecule is Cn1cnc(-c2ccc(NC(=C3C(=O)Nc4ccc([N+](=O)[O-])cc43)c3ccc(CCN4CCCC4)cc3)cc2)c1. The van der Waals surface area contributed by atoms with E-state index >= 15 is 0 Å². The summed E-state index contributed by atoms with van der Waals surface area (Å²) in [7, 11) is 1.93. The number of benzene rings is 3. The largest absolute Gasteiger partial charge is 0.354 e. The average Bonchev–Trinajstić information content (AvgIpc) is 3.71. The molecule has 3 heterocycles. The van der Waals surface area contributed by atoms with E-state index in [-0.39, 0.29) is 11.6 Å². The molecule has 0 saturated carbocycles. The molecule has 2 aliphatic rings. The minimum Gasteiger partial charge on any atom is -0.354 e. The van der Waals surface area contributed by atoms with E-state index in [1.807, 2.05) is 54.2 Å². The number of nitrogens with one attached hydrogen (secondary N) is 2. The van der Waals surface area contributed by atoms with Crippen LogP contribution in [0.4, 0.5) is 17.1 Å². The zero-order valence-electron chi connectivity index (χ0n) is 22.3. The van der Waals surface area contributed by atoms with Crippen molar-refractivity contribution in [2.45, 2.75) is 19.3 Å². The summed E-state index contributed by atoms with van der Waals surface area (Å²) in [6, 6.07) is 20.5. The van der Waals surface area contributed by atoms with Crippen molar-refractivity contribution in [3.05, 3.63) is 106 Å². The Kier molecular flexibility index (Phi) is 6.88. The number of nitro groups is 1. The molecule has 1 fully saturated rings. The van der Waals surface area contributed by atoms with Crippen LogP contribution in [0.1, 0.15) is 29.5 Å². The molecule has 1 amide bonds. The van der Waals surface area contributed by atoms with Crippen LogP contribution in [0.5, 0.6) is 0 Å². The zero-order chi connectivity index (χ0) is 27.6. The third kappa shape index (κ3) is 5.23. The Labute approximate surface area is 232 Å². The summed E-state index contributed by atoms with van der Waals surface area (Å²) in [5, 5.41) is 17.8. The maximum atomic E-state index is 13.3. The molecule has 40 heavy (non-hydrogen) atoms. The molecule has 0 unspecified atom stereocenters. The van der Waals surface area contributed by atoms with Gasteiger partial charge in [0.15, 0.2) is 0 Å². The Hall–Kier alpha value is -4.76. The first kappa shape index (κ1) is 25.5. The Morgan fingerprint density at radius 2 is 1.80 bits per heavy atom. The second-order valence-electron chi connectivity index (χ2n) is 10.3. The highest BCUT2D eigenvalue weighted by atomic mass is 16.6. The molecular weight excluding hydrogens is 504 g/mol. The molecule has 1 saturated heterocycles. The van der Waals surface area contributed by atoms with E-state index < -0.39 is 4.92 Å². The molecule has 2 aliphatic heterocycles. The molecule has 6 rings (SSSR count). The number of nitrogens with zero attached hydrogens (tertiary/aromatic N) is 4. The van der Waals surface area contributed by atoms with Gasteiger partial charge < -0.3 is 20.1 Å².